The molecule has 5 N–H and O–H groups in total. The molecule has 0 aromatic rings. The molecule has 4 aliphatic rings. The van der Waals surface area contributed by atoms with Crippen molar-refractivity contribution in [1.29, 1.82) is 0 Å². The zero-order chi connectivity index (χ0) is 29.1. The van der Waals surface area contributed by atoms with E-state index in [1.165, 1.54) is 14.0 Å². The number of aliphatic hydroxyl groups is 2. The SMILES string of the molecule is COC1CC(COCC2(C)COC2)C(OC2OC(COCC3(C)COC3)C(OC)C(O)C2NC(C)=O)C(O)C1N. The Kier molecular flexibility index (Phi) is 10.8. The minimum Gasteiger partial charge on any atom is -0.389 e. The van der Waals surface area contributed by atoms with Gasteiger partial charge in [-0.1, -0.05) is 13.8 Å². The van der Waals surface area contributed by atoms with Gasteiger partial charge in [-0.3, -0.25) is 4.79 Å². The molecule has 10 atom stereocenters. The number of nitrogens with one attached hydrogen (secondary N) is 1. The molecule has 10 unspecified atom stereocenters. The Balaban J connectivity index is 1.49. The predicted molar refractivity (Wildman–Crippen MR) is 140 cm³/mol. The van der Waals surface area contributed by atoms with Crippen molar-refractivity contribution < 1.29 is 52.9 Å². The van der Waals surface area contributed by atoms with E-state index in [2.05, 4.69) is 19.2 Å². The number of hydrogen-bond acceptors (Lipinski definition) is 12. The lowest BCUT2D eigenvalue weighted by Gasteiger charge is -2.48. The van der Waals surface area contributed by atoms with Crippen LogP contribution in [0.3, 0.4) is 0 Å². The monoisotopic (exact) mass is 576 g/mol. The number of nitrogens with two attached hydrogens (primary N) is 1. The van der Waals surface area contributed by atoms with Crippen molar-refractivity contribution in [3.8, 4) is 0 Å². The van der Waals surface area contributed by atoms with Crippen LogP contribution in [0.2, 0.25) is 0 Å². The quantitative estimate of drug-likeness (QED) is 0.207. The van der Waals surface area contributed by atoms with E-state index in [9.17, 15) is 15.0 Å². The lowest BCUT2D eigenvalue weighted by atomic mass is 9.79. The molecule has 0 radical (unpaired) electrons. The molecule has 0 spiro atoms. The van der Waals surface area contributed by atoms with E-state index in [1.807, 2.05) is 0 Å². The molecule has 13 heteroatoms. The number of carbonyl (C=O) groups excluding carboxylic acids is 1. The third-order valence-electron chi connectivity index (χ3n) is 8.39. The maximum absolute atomic E-state index is 12.1. The lowest BCUT2D eigenvalue weighted by Crippen LogP contribution is -2.67. The van der Waals surface area contributed by atoms with Gasteiger partial charge in [0.05, 0.1) is 77.2 Å². The molecule has 0 bridgehead atoms. The number of hydrogen-bond donors (Lipinski definition) is 4. The molecule has 13 nitrogen and oxygen atoms in total. The Morgan fingerprint density at radius 2 is 1.55 bits per heavy atom. The van der Waals surface area contributed by atoms with E-state index in [0.29, 0.717) is 46.1 Å². The van der Waals surface area contributed by atoms with Crippen LogP contribution in [0.25, 0.3) is 0 Å². The van der Waals surface area contributed by atoms with Crippen LogP contribution in [0.4, 0.5) is 0 Å². The fourth-order valence-electron chi connectivity index (χ4n) is 5.87. The Morgan fingerprint density at radius 3 is 2.05 bits per heavy atom. The third kappa shape index (κ3) is 7.32. The van der Waals surface area contributed by atoms with Gasteiger partial charge >= 0.3 is 0 Å². The zero-order valence-electron chi connectivity index (χ0n) is 24.3. The second-order valence-electron chi connectivity index (χ2n) is 12.5. The maximum Gasteiger partial charge on any atom is 0.217 e. The summed E-state index contributed by atoms with van der Waals surface area (Å²) < 4.78 is 46.5. The Labute approximate surface area is 236 Å². The maximum atomic E-state index is 12.1. The first-order valence-corrected chi connectivity index (χ1v) is 14.1. The first kappa shape index (κ1) is 32.0. The molecule has 1 saturated carbocycles. The van der Waals surface area contributed by atoms with Gasteiger partial charge in [-0.2, -0.15) is 0 Å². The summed E-state index contributed by atoms with van der Waals surface area (Å²) in [5.41, 5.74) is 6.22. The average Bonchev–Trinajstić information content (AvgIpc) is 2.87. The van der Waals surface area contributed by atoms with Gasteiger partial charge in [0, 0.05) is 37.9 Å². The second-order valence-corrected chi connectivity index (χ2v) is 12.5. The molecule has 3 saturated heterocycles. The van der Waals surface area contributed by atoms with Crippen LogP contribution in [0.15, 0.2) is 0 Å². The fraction of sp³-hybridized carbons (Fsp3) is 0.963. The first-order chi connectivity index (χ1) is 19.0. The fourth-order valence-corrected chi connectivity index (χ4v) is 5.87. The van der Waals surface area contributed by atoms with Gasteiger partial charge in [0.2, 0.25) is 5.91 Å². The number of ether oxygens (including phenoxy) is 8. The molecule has 1 aliphatic carbocycles. The number of carbonyl (C=O) groups is 1. The summed E-state index contributed by atoms with van der Waals surface area (Å²) in [4.78, 5) is 12.1. The summed E-state index contributed by atoms with van der Waals surface area (Å²) in [6.07, 6.45) is -5.61. The molecule has 4 rings (SSSR count). The van der Waals surface area contributed by atoms with E-state index in [-0.39, 0.29) is 35.9 Å². The van der Waals surface area contributed by atoms with Crippen molar-refractivity contribution in [2.45, 2.75) is 82.2 Å². The number of aliphatic hydroxyl groups excluding tert-OH is 2. The highest BCUT2D eigenvalue weighted by Crippen LogP contribution is 2.35. The van der Waals surface area contributed by atoms with E-state index in [0.717, 1.165) is 0 Å². The summed E-state index contributed by atoms with van der Waals surface area (Å²) in [5, 5.41) is 25.3. The van der Waals surface area contributed by atoms with Crippen molar-refractivity contribution in [2.75, 3.05) is 67.1 Å². The van der Waals surface area contributed by atoms with Gasteiger partial charge in [-0.15, -0.1) is 0 Å². The summed E-state index contributed by atoms with van der Waals surface area (Å²) in [6.45, 7) is 9.38. The minimum atomic E-state index is -1.17. The van der Waals surface area contributed by atoms with Crippen molar-refractivity contribution in [3.63, 3.8) is 0 Å². The van der Waals surface area contributed by atoms with Gasteiger partial charge < -0.3 is 59.2 Å². The van der Waals surface area contributed by atoms with Gasteiger partial charge in [-0.05, 0) is 6.42 Å². The molecule has 3 heterocycles. The Morgan fingerprint density at radius 1 is 0.950 bits per heavy atom. The van der Waals surface area contributed by atoms with Gasteiger partial charge in [-0.25, -0.2) is 0 Å². The van der Waals surface area contributed by atoms with Crippen LogP contribution in [-0.2, 0) is 42.7 Å². The molecule has 3 aliphatic heterocycles. The van der Waals surface area contributed by atoms with Crippen molar-refractivity contribution in [1.82, 2.24) is 5.32 Å². The smallest absolute Gasteiger partial charge is 0.217 e. The molecular weight excluding hydrogens is 528 g/mol. The Hall–Kier alpha value is -0.970. The van der Waals surface area contributed by atoms with E-state index in [1.54, 1.807) is 7.11 Å². The summed E-state index contributed by atoms with van der Waals surface area (Å²) in [6, 6.07) is -1.68. The highest BCUT2D eigenvalue weighted by molar-refractivity contribution is 5.73. The largest absolute Gasteiger partial charge is 0.389 e. The highest BCUT2D eigenvalue weighted by atomic mass is 16.7. The topological polar surface area (TPSA) is 169 Å². The molecule has 232 valence electrons. The van der Waals surface area contributed by atoms with Gasteiger partial charge in [0.1, 0.15) is 24.4 Å². The zero-order valence-corrected chi connectivity index (χ0v) is 24.3. The highest BCUT2D eigenvalue weighted by Gasteiger charge is 2.51. The minimum absolute atomic E-state index is 0.0428. The average molecular weight is 577 g/mol. The van der Waals surface area contributed by atoms with Crippen molar-refractivity contribution >= 4 is 5.91 Å². The molecule has 1 amide bonds. The lowest BCUT2D eigenvalue weighted by molar-refractivity contribution is -0.307. The van der Waals surface area contributed by atoms with Crippen LogP contribution < -0.4 is 11.1 Å². The number of rotatable bonds is 13. The molecule has 40 heavy (non-hydrogen) atoms. The van der Waals surface area contributed by atoms with E-state index < -0.39 is 55.0 Å². The van der Waals surface area contributed by atoms with Crippen LogP contribution in [0.1, 0.15) is 27.2 Å². The van der Waals surface area contributed by atoms with Crippen molar-refractivity contribution in [2.24, 2.45) is 22.5 Å². The van der Waals surface area contributed by atoms with Crippen LogP contribution in [0.5, 0.6) is 0 Å². The third-order valence-corrected chi connectivity index (χ3v) is 8.39. The number of amides is 1. The van der Waals surface area contributed by atoms with Gasteiger partial charge in [0.25, 0.3) is 0 Å². The molecule has 4 fully saturated rings. The van der Waals surface area contributed by atoms with Crippen molar-refractivity contribution in [3.05, 3.63) is 0 Å². The second kappa shape index (κ2) is 13.6. The number of methoxy groups -OCH3 is 2. The summed E-state index contributed by atoms with van der Waals surface area (Å²) in [7, 11) is 3.02. The van der Waals surface area contributed by atoms with E-state index >= 15 is 0 Å². The van der Waals surface area contributed by atoms with E-state index in [4.69, 9.17) is 43.6 Å². The van der Waals surface area contributed by atoms with Crippen LogP contribution >= 0.6 is 0 Å². The normalized spacial score (nSPS) is 40.6. The molecular formula is C27H48N2O11. The first-order valence-electron chi connectivity index (χ1n) is 14.1. The van der Waals surface area contributed by atoms with Crippen LogP contribution in [-0.4, -0.2) is 138 Å². The predicted octanol–water partition coefficient (Wildman–Crippen LogP) is -1.19. The van der Waals surface area contributed by atoms with Gasteiger partial charge in [0.15, 0.2) is 6.29 Å². The molecule has 0 aromatic heterocycles. The molecule has 0 aromatic carbocycles. The van der Waals surface area contributed by atoms with Crippen LogP contribution in [0, 0.1) is 16.7 Å². The summed E-state index contributed by atoms with van der Waals surface area (Å²) >= 11 is 0. The standard InChI is InChI=1S/C27H48N2O11/c1-15(30)29-20-22(32)24(34-5)18(8-36-10-27(3)13-38-14-27)39-25(20)40-23-16(6-17(33-4)19(28)21(23)31)7-35-9-26(2)11-37-12-26/h16-25,31-32H,6-14,28H2,1-5H3,(H,29,30). The Bertz CT molecular complexity index is 826. The summed E-state index contributed by atoms with van der Waals surface area (Å²) in [5.74, 6) is -0.670.